The van der Waals surface area contributed by atoms with Gasteiger partial charge >= 0.3 is 6.18 Å². The molecule has 1 aliphatic rings. The van der Waals surface area contributed by atoms with Crippen LogP contribution in [0.15, 0.2) is 0 Å². The zero-order valence-corrected chi connectivity index (χ0v) is 6.24. The van der Waals surface area contributed by atoms with E-state index in [0.717, 1.165) is 0 Å². The van der Waals surface area contributed by atoms with Gasteiger partial charge in [0, 0.05) is 6.54 Å². The van der Waals surface area contributed by atoms with Crippen LogP contribution in [0.2, 0.25) is 0 Å². The van der Waals surface area contributed by atoms with Crippen LogP contribution in [0.4, 0.5) is 13.2 Å². The minimum atomic E-state index is -4.66. The summed E-state index contributed by atoms with van der Waals surface area (Å²) < 4.78 is 36.6. The smallest absolute Gasteiger partial charge is 0.354 e. The van der Waals surface area contributed by atoms with Crippen molar-refractivity contribution < 1.29 is 18.0 Å². The highest BCUT2D eigenvalue weighted by molar-refractivity contribution is 5.87. The van der Waals surface area contributed by atoms with Gasteiger partial charge in [0.05, 0.1) is 0 Å². The fraction of sp³-hybridized carbons (Fsp3) is 0.833. The summed E-state index contributed by atoms with van der Waals surface area (Å²) in [5, 5.41) is 2.10. The average Bonchev–Trinajstić information content (AvgIpc) is 1.93. The van der Waals surface area contributed by atoms with Crippen molar-refractivity contribution in [3.8, 4) is 0 Å². The third-order valence-corrected chi connectivity index (χ3v) is 1.94. The van der Waals surface area contributed by atoms with Crippen LogP contribution in [0.3, 0.4) is 0 Å². The molecule has 0 unspecified atom stereocenters. The van der Waals surface area contributed by atoms with Crippen LogP contribution < -0.4 is 11.1 Å². The van der Waals surface area contributed by atoms with E-state index < -0.39 is 17.6 Å². The first-order valence-electron chi connectivity index (χ1n) is 3.52. The van der Waals surface area contributed by atoms with E-state index in [1.807, 2.05) is 0 Å². The molecule has 0 radical (unpaired) electrons. The van der Waals surface area contributed by atoms with Gasteiger partial charge in [0.2, 0.25) is 5.91 Å². The van der Waals surface area contributed by atoms with Gasteiger partial charge in [-0.25, -0.2) is 0 Å². The van der Waals surface area contributed by atoms with Gasteiger partial charge in [0.15, 0.2) is 5.54 Å². The van der Waals surface area contributed by atoms with E-state index in [9.17, 15) is 18.0 Å². The van der Waals surface area contributed by atoms with Crippen molar-refractivity contribution in [2.24, 2.45) is 5.73 Å². The Morgan fingerprint density at radius 2 is 2.08 bits per heavy atom. The molecule has 6 heteroatoms. The Hall–Kier alpha value is -0.780. The zero-order valence-electron chi connectivity index (χ0n) is 6.24. The lowest BCUT2D eigenvalue weighted by Crippen LogP contribution is -2.65. The molecule has 0 aromatic carbocycles. The number of halogens is 3. The fourth-order valence-electron chi connectivity index (χ4n) is 1.11. The number of carbonyl (C=O) groups excluding carboxylic acids is 1. The lowest BCUT2D eigenvalue weighted by Gasteiger charge is -2.33. The van der Waals surface area contributed by atoms with E-state index >= 15 is 0 Å². The highest BCUT2D eigenvalue weighted by Crippen LogP contribution is 2.33. The van der Waals surface area contributed by atoms with Crippen LogP contribution in [0.25, 0.3) is 0 Å². The highest BCUT2D eigenvalue weighted by Gasteiger charge is 2.58. The van der Waals surface area contributed by atoms with Gasteiger partial charge in [0.1, 0.15) is 0 Å². The third-order valence-electron chi connectivity index (χ3n) is 1.94. The summed E-state index contributed by atoms with van der Waals surface area (Å²) >= 11 is 0. The number of hydrogen-bond donors (Lipinski definition) is 2. The Morgan fingerprint density at radius 1 is 1.50 bits per heavy atom. The summed E-state index contributed by atoms with van der Waals surface area (Å²) in [6.07, 6.45) is -4.72. The number of carbonyl (C=O) groups is 1. The molecule has 12 heavy (non-hydrogen) atoms. The average molecular weight is 182 g/mol. The number of rotatable bonds is 0. The summed E-state index contributed by atoms with van der Waals surface area (Å²) in [4.78, 5) is 10.8. The molecule has 0 aliphatic carbocycles. The van der Waals surface area contributed by atoms with E-state index in [1.54, 1.807) is 0 Å². The monoisotopic (exact) mass is 182 g/mol. The van der Waals surface area contributed by atoms with Crippen molar-refractivity contribution >= 4 is 5.91 Å². The van der Waals surface area contributed by atoms with Crippen molar-refractivity contribution in [3.63, 3.8) is 0 Å². The lowest BCUT2D eigenvalue weighted by molar-refractivity contribution is -0.195. The van der Waals surface area contributed by atoms with Crippen molar-refractivity contribution in [3.05, 3.63) is 0 Å². The van der Waals surface area contributed by atoms with Gasteiger partial charge in [0.25, 0.3) is 0 Å². The minimum Gasteiger partial charge on any atom is -0.354 e. The van der Waals surface area contributed by atoms with Crippen LogP contribution in [-0.4, -0.2) is 24.2 Å². The predicted molar refractivity (Wildman–Crippen MR) is 35.2 cm³/mol. The number of nitrogens with two attached hydrogens (primary N) is 1. The van der Waals surface area contributed by atoms with E-state index in [2.05, 4.69) is 5.32 Å². The molecular formula is C6H9F3N2O. The molecule has 3 N–H and O–H groups in total. The topological polar surface area (TPSA) is 55.1 Å². The lowest BCUT2D eigenvalue weighted by atomic mass is 9.90. The standard InChI is InChI=1S/C6H9F3N2O/c7-6(8,9)5(10)2-1-3-11-4(5)12/h1-3,10H2,(H,11,12)/t5-/m0/s1. The quantitative estimate of drug-likeness (QED) is 0.560. The van der Waals surface area contributed by atoms with Gasteiger partial charge in [-0.05, 0) is 12.8 Å². The fourth-order valence-corrected chi connectivity index (χ4v) is 1.11. The van der Waals surface area contributed by atoms with Crippen molar-refractivity contribution in [2.45, 2.75) is 24.6 Å². The molecule has 1 atom stereocenters. The normalized spacial score (nSPS) is 31.5. The molecule has 0 saturated carbocycles. The van der Waals surface area contributed by atoms with Crippen LogP contribution >= 0.6 is 0 Å². The first kappa shape index (κ1) is 9.31. The second-order valence-corrected chi connectivity index (χ2v) is 2.83. The molecule has 0 aromatic rings. The zero-order chi connectivity index (χ0) is 9.41. The Balaban J connectivity index is 2.87. The molecule has 3 nitrogen and oxygen atoms in total. The number of amides is 1. The molecular weight excluding hydrogens is 173 g/mol. The summed E-state index contributed by atoms with van der Waals surface area (Å²) in [5.74, 6) is -1.12. The van der Waals surface area contributed by atoms with Gasteiger partial charge in [-0.2, -0.15) is 13.2 Å². The second-order valence-electron chi connectivity index (χ2n) is 2.83. The molecule has 70 valence electrons. The number of piperidine rings is 1. The summed E-state index contributed by atoms with van der Waals surface area (Å²) in [6, 6.07) is 0. The van der Waals surface area contributed by atoms with Crippen LogP contribution in [0.5, 0.6) is 0 Å². The summed E-state index contributed by atoms with van der Waals surface area (Å²) in [6.45, 7) is 0.272. The van der Waals surface area contributed by atoms with Crippen molar-refractivity contribution in [1.29, 1.82) is 0 Å². The SMILES string of the molecule is N[C@@]1(C(F)(F)F)CCCNC1=O. The Kier molecular flexibility index (Phi) is 2.03. The van der Waals surface area contributed by atoms with E-state index in [0.29, 0.717) is 0 Å². The van der Waals surface area contributed by atoms with Crippen LogP contribution in [0.1, 0.15) is 12.8 Å². The number of alkyl halides is 3. The number of hydrogen-bond acceptors (Lipinski definition) is 2. The molecule has 0 aromatic heterocycles. The third kappa shape index (κ3) is 1.26. The maximum absolute atomic E-state index is 12.2. The summed E-state index contributed by atoms with van der Waals surface area (Å²) in [5.41, 5.74) is 2.27. The molecule has 1 saturated heterocycles. The molecule has 0 bridgehead atoms. The molecule has 1 aliphatic heterocycles. The van der Waals surface area contributed by atoms with Gasteiger partial charge in [-0.1, -0.05) is 0 Å². The van der Waals surface area contributed by atoms with Crippen molar-refractivity contribution in [1.82, 2.24) is 5.32 Å². The Morgan fingerprint density at radius 3 is 2.42 bits per heavy atom. The van der Waals surface area contributed by atoms with Gasteiger partial charge in [-0.15, -0.1) is 0 Å². The first-order valence-corrected chi connectivity index (χ1v) is 3.52. The molecule has 1 rings (SSSR count). The second kappa shape index (κ2) is 2.62. The van der Waals surface area contributed by atoms with Crippen LogP contribution in [0, 0.1) is 0 Å². The van der Waals surface area contributed by atoms with E-state index in [4.69, 9.17) is 5.73 Å². The predicted octanol–water partition coefficient (Wildman–Crippen LogP) is 0.156. The van der Waals surface area contributed by atoms with Gasteiger partial charge in [-0.3, -0.25) is 4.79 Å². The first-order chi connectivity index (χ1) is 5.38. The highest BCUT2D eigenvalue weighted by atomic mass is 19.4. The molecule has 1 fully saturated rings. The molecule has 1 amide bonds. The van der Waals surface area contributed by atoms with E-state index in [-0.39, 0.29) is 19.4 Å². The maximum Gasteiger partial charge on any atom is 0.415 e. The van der Waals surface area contributed by atoms with Crippen molar-refractivity contribution in [2.75, 3.05) is 6.54 Å². The largest absolute Gasteiger partial charge is 0.415 e. The van der Waals surface area contributed by atoms with Crippen LogP contribution in [-0.2, 0) is 4.79 Å². The van der Waals surface area contributed by atoms with Gasteiger partial charge < -0.3 is 11.1 Å². The maximum atomic E-state index is 12.2. The Bertz CT molecular complexity index is 203. The minimum absolute atomic E-state index is 0.266. The Labute approximate surface area is 67.1 Å². The molecule has 0 spiro atoms. The number of nitrogens with one attached hydrogen (secondary N) is 1. The molecule has 1 heterocycles. The van der Waals surface area contributed by atoms with E-state index in [1.165, 1.54) is 0 Å². The summed E-state index contributed by atoms with van der Waals surface area (Å²) in [7, 11) is 0.